The van der Waals surface area contributed by atoms with Crippen molar-refractivity contribution in [3.05, 3.63) is 58.4 Å². The lowest BCUT2D eigenvalue weighted by Crippen LogP contribution is -2.15. The number of rotatable bonds is 5. The molecule has 5 nitrogen and oxygen atoms in total. The summed E-state index contributed by atoms with van der Waals surface area (Å²) in [5, 5.41) is 0.169. The predicted octanol–water partition coefficient (Wildman–Crippen LogP) is 3.11. The lowest BCUT2D eigenvalue weighted by Gasteiger charge is -2.10. The highest BCUT2D eigenvalue weighted by Crippen LogP contribution is 2.29. The zero-order chi connectivity index (χ0) is 17.0. The van der Waals surface area contributed by atoms with Gasteiger partial charge in [0.2, 0.25) is 0 Å². The highest BCUT2D eigenvalue weighted by atomic mass is 35.5. The van der Waals surface area contributed by atoms with E-state index in [1.54, 1.807) is 0 Å². The lowest BCUT2D eigenvalue weighted by atomic mass is 10.1. The van der Waals surface area contributed by atoms with Crippen LogP contribution in [0.25, 0.3) is 0 Å². The molecule has 120 valence electrons. The number of ether oxygens (including phenoxy) is 2. The predicted molar refractivity (Wildman–Crippen MR) is 83.4 cm³/mol. The molecular formula is C16H13ClFNO4. The number of ketones is 1. The molecule has 0 unspecified atom stereocenters. The summed E-state index contributed by atoms with van der Waals surface area (Å²) in [6.07, 6.45) is 0. The zero-order valence-corrected chi connectivity index (χ0v) is 12.9. The topological polar surface area (TPSA) is 78.6 Å². The van der Waals surface area contributed by atoms with Crippen LogP contribution in [-0.2, 0) is 4.74 Å². The molecule has 0 bridgehead atoms. The Balaban J connectivity index is 2.09. The first-order valence-corrected chi connectivity index (χ1v) is 6.89. The summed E-state index contributed by atoms with van der Waals surface area (Å²) in [4.78, 5) is 24.0. The van der Waals surface area contributed by atoms with Crippen molar-refractivity contribution >= 4 is 29.0 Å². The van der Waals surface area contributed by atoms with Gasteiger partial charge in [0, 0.05) is 11.6 Å². The number of methoxy groups -OCH3 is 1. The van der Waals surface area contributed by atoms with Crippen LogP contribution in [0.5, 0.6) is 5.75 Å². The first kappa shape index (κ1) is 16.8. The van der Waals surface area contributed by atoms with Gasteiger partial charge in [0.25, 0.3) is 0 Å². The van der Waals surface area contributed by atoms with Gasteiger partial charge in [0.05, 0.1) is 17.8 Å². The van der Waals surface area contributed by atoms with Crippen molar-refractivity contribution in [1.82, 2.24) is 0 Å². The number of carbonyl (C=O) groups excluding carboxylic acids is 2. The Kier molecular flexibility index (Phi) is 5.18. The molecular weight excluding hydrogens is 325 g/mol. The number of nitrogens with two attached hydrogens (primary N) is 1. The second-order valence-corrected chi connectivity index (χ2v) is 4.99. The fourth-order valence-corrected chi connectivity index (χ4v) is 1.99. The highest BCUT2D eigenvalue weighted by molar-refractivity contribution is 6.33. The van der Waals surface area contributed by atoms with Crippen molar-refractivity contribution in [1.29, 1.82) is 0 Å². The summed E-state index contributed by atoms with van der Waals surface area (Å²) >= 11 is 5.87. The summed E-state index contributed by atoms with van der Waals surface area (Å²) in [6, 6.07) is 7.62. The number of carbonyl (C=O) groups is 2. The van der Waals surface area contributed by atoms with Crippen molar-refractivity contribution in [2.45, 2.75) is 0 Å². The molecule has 0 saturated heterocycles. The van der Waals surface area contributed by atoms with Gasteiger partial charge >= 0.3 is 5.97 Å². The third-order valence-corrected chi connectivity index (χ3v) is 3.37. The second kappa shape index (κ2) is 7.11. The lowest BCUT2D eigenvalue weighted by molar-refractivity contribution is 0.0471. The Labute approximate surface area is 136 Å². The summed E-state index contributed by atoms with van der Waals surface area (Å²) in [5.41, 5.74) is 6.17. The summed E-state index contributed by atoms with van der Waals surface area (Å²) in [5.74, 6) is -1.51. The van der Waals surface area contributed by atoms with E-state index < -0.39 is 24.2 Å². The molecule has 0 spiro atoms. The number of benzene rings is 2. The van der Waals surface area contributed by atoms with Gasteiger partial charge in [-0.15, -0.1) is 0 Å². The van der Waals surface area contributed by atoms with Crippen molar-refractivity contribution in [2.75, 3.05) is 19.5 Å². The molecule has 0 aliphatic carbocycles. The smallest absolute Gasteiger partial charge is 0.342 e. The van der Waals surface area contributed by atoms with E-state index in [1.165, 1.54) is 31.4 Å². The van der Waals surface area contributed by atoms with E-state index in [0.29, 0.717) is 0 Å². The van der Waals surface area contributed by atoms with E-state index >= 15 is 0 Å². The summed E-state index contributed by atoms with van der Waals surface area (Å²) in [6.45, 7) is -0.490. The third kappa shape index (κ3) is 3.98. The van der Waals surface area contributed by atoms with Crippen LogP contribution in [0, 0.1) is 5.82 Å². The maximum atomic E-state index is 12.8. The van der Waals surface area contributed by atoms with Crippen LogP contribution in [-0.4, -0.2) is 25.5 Å². The van der Waals surface area contributed by atoms with E-state index in [4.69, 9.17) is 26.8 Å². The first-order valence-electron chi connectivity index (χ1n) is 6.51. The number of anilines is 1. The molecule has 0 aromatic heterocycles. The van der Waals surface area contributed by atoms with Crippen molar-refractivity contribution < 1.29 is 23.5 Å². The van der Waals surface area contributed by atoms with Crippen LogP contribution in [0.1, 0.15) is 20.7 Å². The van der Waals surface area contributed by atoms with Gasteiger partial charge in [-0.1, -0.05) is 11.6 Å². The number of nitrogen functional groups attached to an aromatic ring is 1. The van der Waals surface area contributed by atoms with Crippen LogP contribution < -0.4 is 10.5 Å². The van der Waals surface area contributed by atoms with Crippen molar-refractivity contribution in [3.8, 4) is 5.75 Å². The molecule has 2 N–H and O–H groups in total. The van der Waals surface area contributed by atoms with Crippen LogP contribution in [0.15, 0.2) is 36.4 Å². The molecule has 0 heterocycles. The maximum Gasteiger partial charge on any atom is 0.342 e. The second-order valence-electron chi connectivity index (χ2n) is 4.58. The number of halogens is 2. The van der Waals surface area contributed by atoms with Gasteiger partial charge in [0.15, 0.2) is 12.4 Å². The molecule has 2 rings (SSSR count). The molecule has 23 heavy (non-hydrogen) atoms. The van der Waals surface area contributed by atoms with Gasteiger partial charge in [0.1, 0.15) is 17.1 Å². The minimum Gasteiger partial charge on any atom is -0.496 e. The minimum atomic E-state index is -0.779. The quantitative estimate of drug-likeness (QED) is 0.515. The molecule has 0 radical (unpaired) electrons. The Bertz CT molecular complexity index is 746. The van der Waals surface area contributed by atoms with Crippen LogP contribution in [0.3, 0.4) is 0 Å². The van der Waals surface area contributed by atoms with Gasteiger partial charge < -0.3 is 15.2 Å². The fraction of sp³-hybridized carbons (Fsp3) is 0.125. The van der Waals surface area contributed by atoms with Crippen molar-refractivity contribution in [3.63, 3.8) is 0 Å². The van der Waals surface area contributed by atoms with Gasteiger partial charge in [-0.2, -0.15) is 0 Å². The zero-order valence-electron chi connectivity index (χ0n) is 12.1. The minimum absolute atomic E-state index is 0.0543. The number of hydrogen-bond acceptors (Lipinski definition) is 5. The summed E-state index contributed by atoms with van der Waals surface area (Å²) in [7, 11) is 1.36. The van der Waals surface area contributed by atoms with Crippen molar-refractivity contribution in [2.24, 2.45) is 0 Å². The number of esters is 1. The van der Waals surface area contributed by atoms with E-state index in [2.05, 4.69) is 0 Å². The fourth-order valence-electron chi connectivity index (χ4n) is 1.83. The molecule has 0 aliphatic rings. The van der Waals surface area contributed by atoms with E-state index in [0.717, 1.165) is 12.1 Å². The SMILES string of the molecule is COc1cc(N)c(Cl)cc1C(=O)OCC(=O)c1ccc(F)cc1. The highest BCUT2D eigenvalue weighted by Gasteiger charge is 2.18. The third-order valence-electron chi connectivity index (χ3n) is 3.04. The molecule has 2 aromatic rings. The van der Waals surface area contributed by atoms with E-state index in [9.17, 15) is 14.0 Å². The number of Topliss-reactive ketones (excluding diaryl/α,β-unsaturated/α-hetero) is 1. The largest absolute Gasteiger partial charge is 0.496 e. The Morgan fingerprint density at radius 3 is 2.48 bits per heavy atom. The monoisotopic (exact) mass is 337 g/mol. The average molecular weight is 338 g/mol. The molecule has 7 heteroatoms. The Morgan fingerprint density at radius 1 is 1.22 bits per heavy atom. The van der Waals surface area contributed by atoms with E-state index in [1.807, 2.05) is 0 Å². The average Bonchev–Trinajstić information content (AvgIpc) is 2.55. The first-order chi connectivity index (χ1) is 10.9. The molecule has 0 fully saturated rings. The van der Waals surface area contributed by atoms with Crippen LogP contribution in [0.4, 0.5) is 10.1 Å². The van der Waals surface area contributed by atoms with Gasteiger partial charge in [-0.3, -0.25) is 4.79 Å². The van der Waals surface area contributed by atoms with Crippen LogP contribution >= 0.6 is 11.6 Å². The summed E-state index contributed by atoms with van der Waals surface area (Å²) < 4.78 is 22.8. The Morgan fingerprint density at radius 2 is 1.87 bits per heavy atom. The normalized spacial score (nSPS) is 10.2. The van der Waals surface area contributed by atoms with Crippen LogP contribution in [0.2, 0.25) is 5.02 Å². The Hall–Kier alpha value is -2.60. The number of hydrogen-bond donors (Lipinski definition) is 1. The van der Waals surface area contributed by atoms with Gasteiger partial charge in [-0.05, 0) is 30.3 Å². The standard InChI is InChI=1S/C16H13ClFNO4/c1-22-15-7-13(19)12(17)6-11(15)16(21)23-8-14(20)9-2-4-10(18)5-3-9/h2-7H,8,19H2,1H3. The van der Waals surface area contributed by atoms with Gasteiger partial charge in [-0.25, -0.2) is 9.18 Å². The van der Waals surface area contributed by atoms with E-state index in [-0.39, 0.29) is 27.6 Å². The molecule has 0 aliphatic heterocycles. The maximum absolute atomic E-state index is 12.8. The molecule has 0 amide bonds. The molecule has 2 aromatic carbocycles. The molecule has 0 atom stereocenters. The molecule has 0 saturated carbocycles.